The van der Waals surface area contributed by atoms with E-state index in [9.17, 15) is 9.18 Å². The molecule has 1 aromatic rings. The van der Waals surface area contributed by atoms with E-state index in [0.29, 0.717) is 6.42 Å². The lowest BCUT2D eigenvalue weighted by Gasteiger charge is -2.14. The molecule has 2 nitrogen and oxygen atoms in total. The van der Waals surface area contributed by atoms with Crippen LogP contribution in [0.2, 0.25) is 0 Å². The lowest BCUT2D eigenvalue weighted by Crippen LogP contribution is -2.27. The van der Waals surface area contributed by atoms with Gasteiger partial charge in [-0.3, -0.25) is 4.79 Å². The highest BCUT2D eigenvalue weighted by atomic mass is 19.1. The van der Waals surface area contributed by atoms with E-state index in [0.717, 1.165) is 31.5 Å². The van der Waals surface area contributed by atoms with Crippen LogP contribution in [0.4, 0.5) is 4.39 Å². The Labute approximate surface area is 101 Å². The maximum Gasteiger partial charge on any atom is 0.223 e. The van der Waals surface area contributed by atoms with Crippen molar-refractivity contribution < 1.29 is 9.18 Å². The Morgan fingerprint density at radius 3 is 2.47 bits per heavy atom. The summed E-state index contributed by atoms with van der Waals surface area (Å²) in [5, 5.41) is 0. The van der Waals surface area contributed by atoms with Crippen LogP contribution in [-0.4, -0.2) is 23.9 Å². The summed E-state index contributed by atoms with van der Waals surface area (Å²) < 4.78 is 12.7. The molecule has 0 aliphatic carbocycles. The maximum atomic E-state index is 12.7. The molecule has 1 heterocycles. The zero-order chi connectivity index (χ0) is 12.1. The van der Waals surface area contributed by atoms with E-state index < -0.39 is 0 Å². The fourth-order valence-electron chi connectivity index (χ4n) is 1.93. The van der Waals surface area contributed by atoms with Gasteiger partial charge in [0.2, 0.25) is 5.91 Å². The second-order valence-corrected chi connectivity index (χ2v) is 4.25. The fourth-order valence-corrected chi connectivity index (χ4v) is 1.93. The molecule has 17 heavy (non-hydrogen) atoms. The minimum absolute atomic E-state index is 0.206. The van der Waals surface area contributed by atoms with Crippen LogP contribution in [0.5, 0.6) is 0 Å². The van der Waals surface area contributed by atoms with Gasteiger partial charge in [0.25, 0.3) is 0 Å². The zero-order valence-electron chi connectivity index (χ0n) is 9.73. The van der Waals surface area contributed by atoms with Gasteiger partial charge < -0.3 is 4.90 Å². The molecule has 0 bridgehead atoms. The van der Waals surface area contributed by atoms with Gasteiger partial charge in [-0.25, -0.2) is 4.39 Å². The molecular formula is C14H16FNO. The molecule has 0 N–H and O–H groups in total. The monoisotopic (exact) mass is 233 g/mol. The number of hydrogen-bond donors (Lipinski definition) is 0. The lowest BCUT2D eigenvalue weighted by molar-refractivity contribution is -0.129. The first-order valence-corrected chi connectivity index (χ1v) is 5.93. The topological polar surface area (TPSA) is 20.3 Å². The molecule has 0 fully saturated rings. The lowest BCUT2D eigenvalue weighted by atomic mass is 10.1. The van der Waals surface area contributed by atoms with Crippen molar-refractivity contribution in [2.75, 3.05) is 13.1 Å². The summed E-state index contributed by atoms with van der Waals surface area (Å²) in [6.07, 6.45) is 6.24. The van der Waals surface area contributed by atoms with Crippen molar-refractivity contribution in [2.45, 2.75) is 19.3 Å². The van der Waals surface area contributed by atoms with Crippen molar-refractivity contribution in [3.8, 4) is 0 Å². The highest BCUT2D eigenvalue weighted by Gasteiger charge is 2.13. The van der Waals surface area contributed by atoms with Crippen LogP contribution >= 0.6 is 0 Å². The second kappa shape index (κ2) is 5.62. The molecule has 0 spiro atoms. The molecule has 90 valence electrons. The molecule has 0 saturated carbocycles. The Morgan fingerprint density at radius 1 is 1.18 bits per heavy atom. The van der Waals surface area contributed by atoms with Gasteiger partial charge >= 0.3 is 0 Å². The highest BCUT2D eigenvalue weighted by molar-refractivity contribution is 5.76. The van der Waals surface area contributed by atoms with E-state index in [2.05, 4.69) is 0 Å². The van der Waals surface area contributed by atoms with Gasteiger partial charge in [-0.1, -0.05) is 24.3 Å². The smallest absolute Gasteiger partial charge is 0.223 e. The standard InChI is InChI=1S/C14H16FNO/c15-13-8-6-12(7-9-13)4-3-5-14(17)16-10-1-2-11-16/h1-2,6-9H,3-5,10-11H2. The number of benzene rings is 1. The van der Waals surface area contributed by atoms with Gasteiger partial charge in [0.15, 0.2) is 0 Å². The van der Waals surface area contributed by atoms with E-state index in [1.165, 1.54) is 12.1 Å². The second-order valence-electron chi connectivity index (χ2n) is 4.25. The van der Waals surface area contributed by atoms with Crippen LogP contribution in [0, 0.1) is 5.82 Å². The number of carbonyl (C=O) groups excluding carboxylic acids is 1. The Balaban J connectivity index is 1.72. The first kappa shape index (κ1) is 11.8. The zero-order valence-corrected chi connectivity index (χ0v) is 9.73. The molecule has 1 aliphatic heterocycles. The number of rotatable bonds is 4. The molecule has 1 amide bonds. The van der Waals surface area contributed by atoms with Gasteiger partial charge in [0.1, 0.15) is 5.82 Å². The SMILES string of the molecule is O=C(CCCc1ccc(F)cc1)N1CC=CC1. The van der Waals surface area contributed by atoms with Crippen molar-refractivity contribution in [3.63, 3.8) is 0 Å². The number of nitrogens with zero attached hydrogens (tertiary/aromatic N) is 1. The van der Waals surface area contributed by atoms with Crippen LogP contribution < -0.4 is 0 Å². The first-order valence-electron chi connectivity index (χ1n) is 5.93. The molecule has 0 aromatic heterocycles. The number of halogens is 1. The minimum atomic E-state index is -0.215. The third-order valence-electron chi connectivity index (χ3n) is 2.94. The van der Waals surface area contributed by atoms with Crippen LogP contribution in [0.3, 0.4) is 0 Å². The van der Waals surface area contributed by atoms with Crippen molar-refractivity contribution >= 4 is 5.91 Å². The van der Waals surface area contributed by atoms with E-state index in [1.54, 1.807) is 12.1 Å². The van der Waals surface area contributed by atoms with E-state index >= 15 is 0 Å². The van der Waals surface area contributed by atoms with Crippen LogP contribution in [0.25, 0.3) is 0 Å². The van der Waals surface area contributed by atoms with Gasteiger partial charge in [0, 0.05) is 19.5 Å². The molecule has 3 heteroatoms. The third kappa shape index (κ3) is 3.41. The largest absolute Gasteiger partial charge is 0.335 e. The van der Waals surface area contributed by atoms with Crippen LogP contribution in [-0.2, 0) is 11.2 Å². The van der Waals surface area contributed by atoms with Gasteiger partial charge in [-0.05, 0) is 30.5 Å². The van der Waals surface area contributed by atoms with Crippen molar-refractivity contribution in [1.82, 2.24) is 4.90 Å². The summed E-state index contributed by atoms with van der Waals surface area (Å²) in [5.74, 6) is -0.00919. The Morgan fingerprint density at radius 2 is 1.82 bits per heavy atom. The Kier molecular flexibility index (Phi) is 3.91. The van der Waals surface area contributed by atoms with Gasteiger partial charge in [0.05, 0.1) is 0 Å². The molecule has 0 atom stereocenters. The molecular weight excluding hydrogens is 217 g/mol. The third-order valence-corrected chi connectivity index (χ3v) is 2.94. The average molecular weight is 233 g/mol. The predicted molar refractivity (Wildman–Crippen MR) is 65.1 cm³/mol. The quantitative estimate of drug-likeness (QED) is 0.732. The van der Waals surface area contributed by atoms with Crippen LogP contribution in [0.15, 0.2) is 36.4 Å². The number of hydrogen-bond acceptors (Lipinski definition) is 1. The summed E-state index contributed by atoms with van der Waals surface area (Å²) in [6.45, 7) is 1.49. The van der Waals surface area contributed by atoms with Crippen molar-refractivity contribution in [3.05, 3.63) is 47.8 Å². The number of carbonyl (C=O) groups is 1. The van der Waals surface area contributed by atoms with E-state index in [4.69, 9.17) is 0 Å². The molecule has 0 saturated heterocycles. The average Bonchev–Trinajstić information content (AvgIpc) is 2.85. The summed E-state index contributed by atoms with van der Waals surface area (Å²) in [4.78, 5) is 13.6. The molecule has 0 radical (unpaired) electrons. The summed E-state index contributed by atoms with van der Waals surface area (Å²) in [5.41, 5.74) is 1.08. The van der Waals surface area contributed by atoms with Gasteiger partial charge in [-0.2, -0.15) is 0 Å². The molecule has 1 aliphatic rings. The predicted octanol–water partition coefficient (Wildman–Crippen LogP) is 2.55. The van der Waals surface area contributed by atoms with E-state index in [1.807, 2.05) is 17.1 Å². The van der Waals surface area contributed by atoms with E-state index in [-0.39, 0.29) is 11.7 Å². The summed E-state index contributed by atoms with van der Waals surface area (Å²) in [7, 11) is 0. The molecule has 2 rings (SSSR count). The maximum absolute atomic E-state index is 12.7. The van der Waals surface area contributed by atoms with Crippen molar-refractivity contribution in [2.24, 2.45) is 0 Å². The minimum Gasteiger partial charge on any atom is -0.335 e. The van der Waals surface area contributed by atoms with Crippen molar-refractivity contribution in [1.29, 1.82) is 0 Å². The number of aryl methyl sites for hydroxylation is 1. The summed E-state index contributed by atoms with van der Waals surface area (Å²) in [6, 6.07) is 6.47. The Hall–Kier alpha value is -1.64. The normalized spacial score (nSPS) is 14.3. The first-order chi connectivity index (χ1) is 8.25. The van der Waals surface area contributed by atoms with Gasteiger partial charge in [-0.15, -0.1) is 0 Å². The number of amides is 1. The molecule has 0 unspecified atom stereocenters. The summed E-state index contributed by atoms with van der Waals surface area (Å²) >= 11 is 0. The Bertz CT molecular complexity index is 403. The fraction of sp³-hybridized carbons (Fsp3) is 0.357. The highest BCUT2D eigenvalue weighted by Crippen LogP contribution is 2.09. The molecule has 1 aromatic carbocycles. The van der Waals surface area contributed by atoms with Crippen LogP contribution in [0.1, 0.15) is 18.4 Å².